The van der Waals surface area contributed by atoms with E-state index in [1.54, 1.807) is 19.1 Å². The Morgan fingerprint density at radius 2 is 2.19 bits per heavy atom. The highest BCUT2D eigenvalue weighted by Gasteiger charge is 2.42. The van der Waals surface area contributed by atoms with Crippen molar-refractivity contribution in [2.45, 2.75) is 25.4 Å². The number of ether oxygens (including phenoxy) is 1. The average Bonchev–Trinajstić information content (AvgIpc) is 2.23. The lowest BCUT2D eigenvalue weighted by molar-refractivity contribution is -0.151. The summed E-state index contributed by atoms with van der Waals surface area (Å²) < 4.78 is 5.02. The molecule has 0 bridgehead atoms. The van der Waals surface area contributed by atoms with Crippen LogP contribution in [0.3, 0.4) is 0 Å². The number of methoxy groups -OCH3 is 1. The third-order valence-electron chi connectivity index (χ3n) is 3.31. The second kappa shape index (κ2) is 5.12. The standard InChI is InChI=1S/C11H22N2O3/c1-11(2)8-13(5-6-16-4)9(7-14)10(15)12(11)3/h9,14H,5-8H2,1-4H3. The van der Waals surface area contributed by atoms with E-state index in [4.69, 9.17) is 4.74 Å². The average molecular weight is 230 g/mol. The van der Waals surface area contributed by atoms with Crippen LogP contribution in [-0.4, -0.2) is 72.9 Å². The van der Waals surface area contributed by atoms with Gasteiger partial charge in [-0.3, -0.25) is 9.69 Å². The number of rotatable bonds is 4. The third-order valence-corrected chi connectivity index (χ3v) is 3.31. The molecule has 1 aliphatic heterocycles. The Morgan fingerprint density at radius 1 is 1.56 bits per heavy atom. The summed E-state index contributed by atoms with van der Waals surface area (Å²) in [7, 11) is 3.43. The fourth-order valence-electron chi connectivity index (χ4n) is 2.03. The molecular formula is C11H22N2O3. The summed E-state index contributed by atoms with van der Waals surface area (Å²) in [4.78, 5) is 15.7. The lowest BCUT2D eigenvalue weighted by Crippen LogP contribution is -2.66. The normalized spacial score (nSPS) is 26.2. The van der Waals surface area contributed by atoms with Crippen LogP contribution in [0.2, 0.25) is 0 Å². The minimum Gasteiger partial charge on any atom is -0.394 e. The highest BCUT2D eigenvalue weighted by Crippen LogP contribution is 2.23. The van der Waals surface area contributed by atoms with Gasteiger partial charge in [0.25, 0.3) is 0 Å². The van der Waals surface area contributed by atoms with Crippen molar-refractivity contribution in [1.82, 2.24) is 9.80 Å². The van der Waals surface area contributed by atoms with Crippen molar-refractivity contribution >= 4 is 5.91 Å². The second-order valence-corrected chi connectivity index (χ2v) is 4.87. The van der Waals surface area contributed by atoms with Gasteiger partial charge in [-0.05, 0) is 13.8 Å². The molecule has 0 radical (unpaired) electrons. The van der Waals surface area contributed by atoms with Gasteiger partial charge in [-0.2, -0.15) is 0 Å². The van der Waals surface area contributed by atoms with Gasteiger partial charge >= 0.3 is 0 Å². The summed E-state index contributed by atoms with van der Waals surface area (Å²) in [6.45, 7) is 5.91. The Morgan fingerprint density at radius 3 is 2.69 bits per heavy atom. The van der Waals surface area contributed by atoms with Gasteiger partial charge in [-0.25, -0.2) is 0 Å². The van der Waals surface area contributed by atoms with E-state index >= 15 is 0 Å². The van der Waals surface area contributed by atoms with Crippen LogP contribution in [0.1, 0.15) is 13.8 Å². The van der Waals surface area contributed by atoms with E-state index in [2.05, 4.69) is 0 Å². The lowest BCUT2D eigenvalue weighted by atomic mass is 9.96. The molecule has 1 unspecified atom stereocenters. The van der Waals surface area contributed by atoms with Crippen LogP contribution < -0.4 is 0 Å². The van der Waals surface area contributed by atoms with Gasteiger partial charge in [-0.1, -0.05) is 0 Å². The molecule has 0 aromatic rings. The number of aliphatic hydroxyl groups excluding tert-OH is 1. The maximum atomic E-state index is 12.0. The molecule has 1 fully saturated rings. The largest absolute Gasteiger partial charge is 0.394 e. The first-order chi connectivity index (χ1) is 7.44. The first-order valence-electron chi connectivity index (χ1n) is 5.55. The minimum atomic E-state index is -0.423. The fourth-order valence-corrected chi connectivity index (χ4v) is 2.03. The predicted molar refractivity (Wildman–Crippen MR) is 61.2 cm³/mol. The molecule has 1 N–H and O–H groups in total. The number of likely N-dealkylation sites (N-methyl/N-ethyl adjacent to an activating group) is 1. The van der Waals surface area contributed by atoms with E-state index in [0.717, 1.165) is 6.54 Å². The second-order valence-electron chi connectivity index (χ2n) is 4.87. The third kappa shape index (κ3) is 2.53. The molecule has 16 heavy (non-hydrogen) atoms. The molecule has 0 aromatic carbocycles. The van der Waals surface area contributed by atoms with Gasteiger partial charge in [0.05, 0.1) is 13.2 Å². The molecule has 1 heterocycles. The zero-order chi connectivity index (χ0) is 12.3. The summed E-state index contributed by atoms with van der Waals surface area (Å²) in [5.74, 6) is -0.0187. The van der Waals surface area contributed by atoms with Gasteiger partial charge in [0.15, 0.2) is 0 Å². The SMILES string of the molecule is COCCN1CC(C)(C)N(C)C(=O)C1CO. The van der Waals surface area contributed by atoms with Crippen molar-refractivity contribution < 1.29 is 14.6 Å². The van der Waals surface area contributed by atoms with Crippen molar-refractivity contribution in [3.05, 3.63) is 0 Å². The van der Waals surface area contributed by atoms with E-state index in [1.807, 2.05) is 18.7 Å². The van der Waals surface area contributed by atoms with Crippen LogP contribution in [0.15, 0.2) is 0 Å². The maximum absolute atomic E-state index is 12.0. The van der Waals surface area contributed by atoms with E-state index in [-0.39, 0.29) is 18.1 Å². The molecule has 94 valence electrons. The Balaban J connectivity index is 2.78. The van der Waals surface area contributed by atoms with Crippen LogP contribution in [0.4, 0.5) is 0 Å². The number of hydrogen-bond acceptors (Lipinski definition) is 4. The van der Waals surface area contributed by atoms with Gasteiger partial charge < -0.3 is 14.7 Å². The Hall–Kier alpha value is -0.650. The van der Waals surface area contributed by atoms with Crippen molar-refractivity contribution in [2.75, 3.05) is 40.5 Å². The summed E-state index contributed by atoms with van der Waals surface area (Å²) >= 11 is 0. The highest BCUT2D eigenvalue weighted by atomic mass is 16.5. The first-order valence-corrected chi connectivity index (χ1v) is 5.55. The highest BCUT2D eigenvalue weighted by molar-refractivity contribution is 5.83. The topological polar surface area (TPSA) is 53.0 Å². The van der Waals surface area contributed by atoms with Gasteiger partial charge in [-0.15, -0.1) is 0 Å². The Bertz CT molecular complexity index is 256. The van der Waals surface area contributed by atoms with E-state index in [0.29, 0.717) is 13.2 Å². The molecule has 5 nitrogen and oxygen atoms in total. The fraction of sp³-hybridized carbons (Fsp3) is 0.909. The summed E-state index contributed by atoms with van der Waals surface area (Å²) in [5, 5.41) is 9.29. The Labute approximate surface area is 97.0 Å². The Kier molecular flexibility index (Phi) is 4.29. The minimum absolute atomic E-state index is 0.0187. The summed E-state index contributed by atoms with van der Waals surface area (Å²) in [6, 6.07) is -0.423. The van der Waals surface area contributed by atoms with Crippen LogP contribution in [0, 0.1) is 0 Å². The monoisotopic (exact) mass is 230 g/mol. The molecule has 0 aromatic heterocycles. The molecule has 1 aliphatic rings. The number of carbonyl (C=O) groups excluding carboxylic acids is 1. The summed E-state index contributed by atoms with van der Waals surface area (Å²) in [6.07, 6.45) is 0. The lowest BCUT2D eigenvalue weighted by Gasteiger charge is -2.48. The van der Waals surface area contributed by atoms with Crippen molar-refractivity contribution in [3.63, 3.8) is 0 Å². The number of piperazine rings is 1. The van der Waals surface area contributed by atoms with Gasteiger partial charge in [0.2, 0.25) is 5.91 Å². The molecule has 0 saturated carbocycles. The number of aliphatic hydroxyl groups is 1. The molecule has 1 rings (SSSR count). The van der Waals surface area contributed by atoms with Crippen molar-refractivity contribution in [3.8, 4) is 0 Å². The molecular weight excluding hydrogens is 208 g/mol. The van der Waals surface area contributed by atoms with Crippen LogP contribution in [-0.2, 0) is 9.53 Å². The zero-order valence-electron chi connectivity index (χ0n) is 10.6. The maximum Gasteiger partial charge on any atom is 0.242 e. The predicted octanol–water partition coefficient (Wildman–Crippen LogP) is -0.454. The van der Waals surface area contributed by atoms with Crippen LogP contribution >= 0.6 is 0 Å². The molecule has 5 heteroatoms. The molecule has 1 atom stereocenters. The van der Waals surface area contributed by atoms with Crippen LogP contribution in [0.25, 0.3) is 0 Å². The van der Waals surface area contributed by atoms with E-state index in [9.17, 15) is 9.90 Å². The number of amides is 1. The van der Waals surface area contributed by atoms with Crippen LogP contribution in [0.5, 0.6) is 0 Å². The molecule has 1 saturated heterocycles. The zero-order valence-corrected chi connectivity index (χ0v) is 10.6. The summed E-state index contributed by atoms with van der Waals surface area (Å²) in [5.41, 5.74) is -0.198. The molecule has 0 spiro atoms. The van der Waals surface area contributed by atoms with Gasteiger partial charge in [0.1, 0.15) is 6.04 Å². The van der Waals surface area contributed by atoms with Gasteiger partial charge in [0, 0.05) is 32.8 Å². The number of nitrogens with zero attached hydrogens (tertiary/aromatic N) is 2. The van der Waals surface area contributed by atoms with Crippen molar-refractivity contribution in [2.24, 2.45) is 0 Å². The number of carbonyl (C=O) groups is 1. The molecule has 0 aliphatic carbocycles. The molecule has 1 amide bonds. The number of hydrogen-bond donors (Lipinski definition) is 1. The van der Waals surface area contributed by atoms with E-state index in [1.165, 1.54) is 0 Å². The van der Waals surface area contributed by atoms with E-state index < -0.39 is 6.04 Å². The van der Waals surface area contributed by atoms with Crippen molar-refractivity contribution in [1.29, 1.82) is 0 Å². The quantitative estimate of drug-likeness (QED) is 0.710. The smallest absolute Gasteiger partial charge is 0.242 e. The first kappa shape index (κ1) is 13.4.